The molecule has 0 spiro atoms. The summed E-state index contributed by atoms with van der Waals surface area (Å²) in [6, 6.07) is 9.25. The summed E-state index contributed by atoms with van der Waals surface area (Å²) < 4.78 is 6.68. The average Bonchev–Trinajstić information content (AvgIpc) is 3.47. The second kappa shape index (κ2) is 12.8. The minimum Gasteiger partial charge on any atom is -0.478 e. The van der Waals surface area contributed by atoms with Crippen LogP contribution in [0.4, 0.5) is 5.69 Å². The molecule has 0 unspecified atom stereocenters. The van der Waals surface area contributed by atoms with Crippen molar-refractivity contribution in [3.8, 4) is 5.69 Å². The monoisotopic (exact) mass is 553 g/mol. The van der Waals surface area contributed by atoms with Crippen molar-refractivity contribution in [2.24, 2.45) is 0 Å². The van der Waals surface area contributed by atoms with Crippen LogP contribution in [0.1, 0.15) is 22.3 Å². The minimum atomic E-state index is -1.21. The quantitative estimate of drug-likeness (QED) is 0.331. The van der Waals surface area contributed by atoms with Crippen LogP contribution in [-0.2, 0) is 19.1 Å². The first kappa shape index (κ1) is 27.4. The van der Waals surface area contributed by atoms with Gasteiger partial charge in [-0.05, 0) is 59.0 Å². The van der Waals surface area contributed by atoms with Crippen molar-refractivity contribution in [3.05, 3.63) is 71.0 Å². The number of ether oxygens (including phenoxy) is 1. The predicted octanol–water partition coefficient (Wildman–Crippen LogP) is 1.40. The molecule has 0 aliphatic carbocycles. The third-order valence-electron chi connectivity index (χ3n) is 5.77. The third-order valence-corrected chi connectivity index (χ3v) is 6.01. The Hall–Kier alpha value is -4.62. The summed E-state index contributed by atoms with van der Waals surface area (Å²) in [6.07, 6.45) is 3.80. The number of benzene rings is 2. The van der Waals surface area contributed by atoms with Crippen molar-refractivity contribution in [2.45, 2.75) is 12.5 Å². The molecule has 1 aliphatic rings. The maximum atomic E-state index is 13.1. The highest BCUT2D eigenvalue weighted by atomic mass is 35.5. The van der Waals surface area contributed by atoms with Crippen LogP contribution in [0.5, 0.6) is 0 Å². The van der Waals surface area contributed by atoms with Crippen LogP contribution in [0.15, 0.2) is 54.9 Å². The molecule has 2 aromatic carbocycles. The Kier molecular flexibility index (Phi) is 8.97. The molecule has 1 saturated heterocycles. The normalized spacial score (nSPS) is 14.1. The molecule has 3 amide bonds. The number of nitrogens with one attached hydrogen (secondary N) is 2. The van der Waals surface area contributed by atoms with E-state index in [0.29, 0.717) is 48.3 Å². The first-order valence-electron chi connectivity index (χ1n) is 11.8. The van der Waals surface area contributed by atoms with E-state index in [1.807, 2.05) is 0 Å². The fraction of sp³-hybridized carbons (Fsp3) is 0.240. The van der Waals surface area contributed by atoms with E-state index in [4.69, 9.17) is 21.4 Å². The number of anilines is 1. The zero-order valence-electron chi connectivity index (χ0n) is 20.5. The zero-order chi connectivity index (χ0) is 27.8. The summed E-state index contributed by atoms with van der Waals surface area (Å²) in [5.74, 6) is -2.70. The Bertz CT molecular complexity index is 1370. The first-order chi connectivity index (χ1) is 18.8. The fourth-order valence-corrected chi connectivity index (χ4v) is 3.96. The molecule has 3 aromatic rings. The number of morpholine rings is 1. The van der Waals surface area contributed by atoms with E-state index in [9.17, 15) is 19.2 Å². The third kappa shape index (κ3) is 7.46. The molecule has 1 atom stereocenters. The molecule has 2 heterocycles. The molecule has 0 saturated carbocycles. The van der Waals surface area contributed by atoms with Crippen LogP contribution >= 0.6 is 11.6 Å². The van der Waals surface area contributed by atoms with E-state index in [2.05, 4.69) is 26.2 Å². The molecule has 14 heteroatoms. The van der Waals surface area contributed by atoms with Crippen LogP contribution in [0.2, 0.25) is 5.02 Å². The van der Waals surface area contributed by atoms with Crippen LogP contribution < -0.4 is 10.6 Å². The Labute approximate surface area is 227 Å². The maximum Gasteiger partial charge on any atom is 0.335 e. The lowest BCUT2D eigenvalue weighted by Crippen LogP contribution is -2.48. The fourth-order valence-electron chi connectivity index (χ4n) is 3.78. The van der Waals surface area contributed by atoms with E-state index in [-0.39, 0.29) is 17.9 Å². The van der Waals surface area contributed by atoms with Crippen LogP contribution in [0.25, 0.3) is 11.8 Å². The second-order valence-electron chi connectivity index (χ2n) is 8.42. The molecule has 3 N–H and O–H groups in total. The van der Waals surface area contributed by atoms with Crippen LogP contribution in [-0.4, -0.2) is 86.2 Å². The highest BCUT2D eigenvalue weighted by molar-refractivity contribution is 6.30. The summed E-state index contributed by atoms with van der Waals surface area (Å²) in [5, 5.41) is 25.8. The first-order valence-corrected chi connectivity index (χ1v) is 12.2. The highest BCUT2D eigenvalue weighted by Gasteiger charge is 2.27. The van der Waals surface area contributed by atoms with Crippen molar-refractivity contribution < 1.29 is 29.0 Å². The molecule has 13 nitrogen and oxygen atoms in total. The van der Waals surface area contributed by atoms with Gasteiger partial charge in [0.1, 0.15) is 12.4 Å². The van der Waals surface area contributed by atoms with Gasteiger partial charge in [-0.1, -0.05) is 11.6 Å². The lowest BCUT2D eigenvalue weighted by Gasteiger charge is -2.28. The molecular weight excluding hydrogens is 530 g/mol. The number of carbonyl (C=O) groups is 4. The maximum absolute atomic E-state index is 13.1. The minimum absolute atomic E-state index is 0.0487. The molecule has 0 radical (unpaired) electrons. The van der Waals surface area contributed by atoms with Gasteiger partial charge in [0.25, 0.3) is 0 Å². The van der Waals surface area contributed by atoms with Crippen LogP contribution in [0, 0.1) is 0 Å². The van der Waals surface area contributed by atoms with E-state index in [0.717, 1.165) is 0 Å². The smallest absolute Gasteiger partial charge is 0.335 e. The lowest BCUT2D eigenvalue weighted by molar-refractivity contribution is -0.137. The summed E-state index contributed by atoms with van der Waals surface area (Å²) in [7, 11) is 0. The van der Waals surface area contributed by atoms with Gasteiger partial charge in [0.05, 0.1) is 30.9 Å². The van der Waals surface area contributed by atoms with Gasteiger partial charge < -0.3 is 25.4 Å². The lowest BCUT2D eigenvalue weighted by atomic mass is 10.1. The number of tetrazole rings is 1. The Balaban J connectivity index is 1.50. The number of hydrogen-bond donors (Lipinski definition) is 3. The number of aromatic carboxylic acids is 1. The van der Waals surface area contributed by atoms with E-state index < -0.39 is 23.8 Å². The molecule has 0 bridgehead atoms. The standard InChI is InChI=1S/C25H24ClN7O6/c26-18-4-7-21(33-15-27-30-31-33)17(13-18)3-8-22(34)29-20(14-23(35)32-9-11-39-12-10-32)24(36)28-19-5-1-16(2-6-19)25(37)38/h1-8,13,15,20H,9-12,14H2,(H,28,36)(H,29,34)(H,37,38)/t20-/m0/s1. The molecule has 39 heavy (non-hydrogen) atoms. The number of nitrogens with zero attached hydrogens (tertiary/aromatic N) is 5. The highest BCUT2D eigenvalue weighted by Crippen LogP contribution is 2.20. The van der Waals surface area contributed by atoms with Gasteiger partial charge in [-0.25, -0.2) is 4.79 Å². The van der Waals surface area contributed by atoms with Crippen molar-refractivity contribution in [2.75, 3.05) is 31.6 Å². The predicted molar refractivity (Wildman–Crippen MR) is 139 cm³/mol. The van der Waals surface area contributed by atoms with Gasteiger partial charge in [-0.3, -0.25) is 14.4 Å². The molecule has 1 fully saturated rings. The number of amides is 3. The summed E-state index contributed by atoms with van der Waals surface area (Å²) in [6.45, 7) is 1.53. The van der Waals surface area contributed by atoms with Gasteiger partial charge in [0.15, 0.2) is 0 Å². The topological polar surface area (TPSA) is 169 Å². The van der Waals surface area contributed by atoms with E-state index in [1.165, 1.54) is 47.4 Å². The van der Waals surface area contributed by atoms with Crippen molar-refractivity contribution in [1.82, 2.24) is 30.4 Å². The largest absolute Gasteiger partial charge is 0.478 e. The number of halogens is 1. The van der Waals surface area contributed by atoms with Gasteiger partial charge in [0.2, 0.25) is 17.7 Å². The van der Waals surface area contributed by atoms with Crippen LogP contribution in [0.3, 0.4) is 0 Å². The number of carbonyl (C=O) groups excluding carboxylic acids is 3. The zero-order valence-corrected chi connectivity index (χ0v) is 21.2. The van der Waals surface area contributed by atoms with Crippen molar-refractivity contribution in [3.63, 3.8) is 0 Å². The van der Waals surface area contributed by atoms with E-state index in [1.54, 1.807) is 23.1 Å². The number of carboxylic acid groups (broad SMARTS) is 1. The number of carboxylic acids is 1. The molecule has 1 aliphatic heterocycles. The Morgan fingerprint density at radius 3 is 2.51 bits per heavy atom. The molecule has 202 valence electrons. The van der Waals surface area contributed by atoms with Gasteiger partial charge in [-0.15, -0.1) is 5.10 Å². The number of aromatic nitrogens is 4. The molecular formula is C25H24ClN7O6. The van der Waals surface area contributed by atoms with Gasteiger partial charge in [-0.2, -0.15) is 4.68 Å². The average molecular weight is 554 g/mol. The van der Waals surface area contributed by atoms with Gasteiger partial charge in [0, 0.05) is 35.4 Å². The number of rotatable bonds is 9. The number of hydrogen-bond acceptors (Lipinski definition) is 8. The SMILES string of the molecule is O=C(C=Cc1cc(Cl)ccc1-n1cnnn1)N[C@@H](CC(=O)N1CCOCC1)C(=O)Nc1ccc(C(=O)O)cc1. The summed E-state index contributed by atoms with van der Waals surface area (Å²) >= 11 is 6.12. The van der Waals surface area contributed by atoms with Gasteiger partial charge >= 0.3 is 5.97 Å². The summed E-state index contributed by atoms with van der Waals surface area (Å²) in [4.78, 5) is 51.5. The molecule has 4 rings (SSSR count). The van der Waals surface area contributed by atoms with Crippen molar-refractivity contribution in [1.29, 1.82) is 0 Å². The van der Waals surface area contributed by atoms with E-state index >= 15 is 0 Å². The van der Waals surface area contributed by atoms with Crippen molar-refractivity contribution >= 4 is 47.1 Å². The molecule has 1 aromatic heterocycles. The Morgan fingerprint density at radius 1 is 1.10 bits per heavy atom. The second-order valence-corrected chi connectivity index (χ2v) is 8.86. The summed E-state index contributed by atoms with van der Waals surface area (Å²) in [5.41, 5.74) is 1.46. The Morgan fingerprint density at radius 2 is 1.85 bits per heavy atom.